The Balaban J connectivity index is 4.53. The van der Waals surface area contributed by atoms with Crippen molar-refractivity contribution in [2.45, 2.75) is 180 Å². The van der Waals surface area contributed by atoms with Gasteiger partial charge in [-0.1, -0.05) is 177 Å². The van der Waals surface area contributed by atoms with Crippen LogP contribution >= 0.6 is 7.82 Å². The summed E-state index contributed by atoms with van der Waals surface area (Å²) in [6.07, 6.45) is 39.4. The Hall–Kier alpha value is -2.67. The minimum absolute atomic E-state index is 0.000838. The third-order valence-electron chi connectivity index (χ3n) is 9.06. The first-order chi connectivity index (χ1) is 28.5. The second-order valence-corrected chi connectivity index (χ2v) is 16.2. The quantitative estimate of drug-likeness (QED) is 0.0129. The summed E-state index contributed by atoms with van der Waals surface area (Å²) in [5.41, 5.74) is 0. The van der Waals surface area contributed by atoms with Crippen LogP contribution in [0.4, 0.5) is 0 Å². The third-order valence-corrected chi connectivity index (χ3v) is 10.0. The second kappa shape index (κ2) is 40.7. The van der Waals surface area contributed by atoms with Crippen molar-refractivity contribution in [3.05, 3.63) is 72.9 Å². The highest BCUT2D eigenvalue weighted by Gasteiger charge is 2.27. The molecule has 0 rings (SSSR count). The summed E-state index contributed by atoms with van der Waals surface area (Å²) in [6.45, 7) is 1.98. The van der Waals surface area contributed by atoms with Gasteiger partial charge in [0.2, 0.25) is 0 Å². The molecule has 0 fully saturated rings. The summed E-state index contributed by atoms with van der Waals surface area (Å²) in [6, 6.07) is 0. The van der Waals surface area contributed by atoms with Gasteiger partial charge < -0.3 is 34.8 Å². The molecule has 0 radical (unpaired) electrons. The molecule has 0 aromatic carbocycles. The molecule has 1 unspecified atom stereocenters. The first kappa shape index (κ1) is 56.3. The smallest absolute Gasteiger partial charge is 0.462 e. The minimum Gasteiger partial charge on any atom is -0.462 e. The van der Waals surface area contributed by atoms with Crippen LogP contribution in [0.25, 0.3) is 0 Å². The van der Waals surface area contributed by atoms with Gasteiger partial charge in [0, 0.05) is 12.8 Å². The zero-order valence-electron chi connectivity index (χ0n) is 36.2. The largest absolute Gasteiger partial charge is 0.472 e. The fourth-order valence-electron chi connectivity index (χ4n) is 5.61. The average molecular weight is 855 g/mol. The average Bonchev–Trinajstić information content (AvgIpc) is 3.21. The van der Waals surface area contributed by atoms with Crippen LogP contribution in [-0.2, 0) is 32.7 Å². The van der Waals surface area contributed by atoms with E-state index in [1.54, 1.807) is 36.5 Å². The van der Waals surface area contributed by atoms with Crippen molar-refractivity contribution in [2.75, 3.05) is 26.4 Å². The van der Waals surface area contributed by atoms with E-state index in [4.69, 9.17) is 19.1 Å². The molecule has 0 saturated heterocycles. The Morgan fingerprint density at radius 3 is 1.64 bits per heavy atom. The van der Waals surface area contributed by atoms with Gasteiger partial charge in [-0.2, -0.15) is 0 Å². The number of hydrogen-bond donors (Lipinski definition) is 5. The minimum atomic E-state index is -4.67. The first-order valence-corrected chi connectivity index (χ1v) is 23.6. The summed E-state index contributed by atoms with van der Waals surface area (Å²) in [5.74, 6) is -1.09. The lowest BCUT2D eigenvalue weighted by Crippen LogP contribution is -2.29. The Labute approximate surface area is 355 Å². The predicted molar refractivity (Wildman–Crippen MR) is 235 cm³/mol. The van der Waals surface area contributed by atoms with Gasteiger partial charge in [-0.15, -0.1) is 0 Å². The summed E-state index contributed by atoms with van der Waals surface area (Å²) in [5, 5.41) is 38.3. The van der Waals surface area contributed by atoms with E-state index in [2.05, 4.69) is 11.4 Å². The molecular weight excluding hydrogens is 775 g/mol. The van der Waals surface area contributed by atoms with Crippen molar-refractivity contribution in [1.82, 2.24) is 0 Å². The molecule has 0 aliphatic heterocycles. The molecule has 0 aliphatic carbocycles. The normalized spacial score (nSPS) is 15.6. The van der Waals surface area contributed by atoms with Crippen molar-refractivity contribution in [2.24, 2.45) is 0 Å². The zero-order valence-corrected chi connectivity index (χ0v) is 37.1. The van der Waals surface area contributed by atoms with Gasteiger partial charge in [-0.3, -0.25) is 18.6 Å². The maximum absolute atomic E-state index is 12.6. The summed E-state index contributed by atoms with van der Waals surface area (Å²) in [7, 11) is -4.67. The highest BCUT2D eigenvalue weighted by Crippen LogP contribution is 2.43. The predicted octanol–water partition coefficient (Wildman–Crippen LogP) is 9.61. The van der Waals surface area contributed by atoms with Gasteiger partial charge in [0.05, 0.1) is 32.0 Å². The second-order valence-electron chi connectivity index (χ2n) is 14.7. The van der Waals surface area contributed by atoms with E-state index in [0.717, 1.165) is 25.7 Å². The zero-order chi connectivity index (χ0) is 43.7. The van der Waals surface area contributed by atoms with E-state index in [1.165, 1.54) is 70.6 Å². The van der Waals surface area contributed by atoms with E-state index in [0.29, 0.717) is 32.1 Å². The number of carbonyl (C=O) groups excluding carboxylic acids is 2. The molecule has 0 heterocycles. The van der Waals surface area contributed by atoms with Crippen LogP contribution in [0.5, 0.6) is 0 Å². The van der Waals surface area contributed by atoms with Crippen molar-refractivity contribution in [1.29, 1.82) is 0 Å². The van der Waals surface area contributed by atoms with Crippen molar-refractivity contribution in [3.63, 3.8) is 0 Å². The van der Waals surface area contributed by atoms with Crippen LogP contribution in [0.1, 0.15) is 155 Å². The van der Waals surface area contributed by atoms with Gasteiger partial charge in [-0.05, 0) is 38.5 Å². The van der Waals surface area contributed by atoms with Crippen molar-refractivity contribution < 1.29 is 58.0 Å². The molecule has 0 saturated carbocycles. The number of allylic oxidation sites excluding steroid dienone is 8. The number of esters is 2. The van der Waals surface area contributed by atoms with E-state index in [1.807, 2.05) is 43.4 Å². The maximum Gasteiger partial charge on any atom is 0.472 e. The van der Waals surface area contributed by atoms with Gasteiger partial charge in [0.25, 0.3) is 0 Å². The summed E-state index contributed by atoms with van der Waals surface area (Å²) < 4.78 is 32.6. The molecule has 59 heavy (non-hydrogen) atoms. The van der Waals surface area contributed by atoms with Gasteiger partial charge in [0.1, 0.15) is 12.7 Å². The Morgan fingerprint density at radius 2 is 1.10 bits per heavy atom. The summed E-state index contributed by atoms with van der Waals surface area (Å²) >= 11 is 0. The van der Waals surface area contributed by atoms with Crippen molar-refractivity contribution in [3.8, 4) is 0 Å². The first-order valence-electron chi connectivity index (χ1n) is 22.1. The Bertz CT molecular complexity index is 1240. The van der Waals surface area contributed by atoms with E-state index in [9.17, 15) is 34.4 Å². The lowest BCUT2D eigenvalue weighted by molar-refractivity contribution is -0.161. The third kappa shape index (κ3) is 40.5. The molecule has 5 atom stereocenters. The molecule has 0 amide bonds. The molecule has 0 aromatic heterocycles. The van der Waals surface area contributed by atoms with E-state index in [-0.39, 0.29) is 19.4 Å². The monoisotopic (exact) mass is 855 g/mol. The molecule has 12 nitrogen and oxygen atoms in total. The SMILES string of the molecule is CC/C=C\C[C@H](O)/C=C/C=C\C=C\[C@H](O)C/C=C\C/C=C\CCC(=O)O[C@H](COC(=O)CCCCCCCCCCCCCCCCC)COP(=O)(O)OC[C@@H](O)CO. The number of unbranched alkanes of at least 4 members (excludes halogenated alkanes) is 14. The standard InChI is InChI=1S/C46H79O12P/c1-3-5-7-8-9-10-11-12-13-14-15-16-17-21-29-35-45(51)55-39-44(40-57-59(53,54)56-38-43(50)37-47)58-46(52)36-30-22-19-18-20-26-32-42(49)34-28-24-23-27-33-41(48)31-25-6-4-2/h6,19-20,22-28,33-34,41-44,47-50H,3-5,7-18,21,29-32,35-40H2,1-2H3,(H,53,54)/b22-19-,24-23-,25-6-,26-20-,33-27+,34-28+/t41-,42+,43-,44+/m0/s1. The van der Waals surface area contributed by atoms with Crippen LogP contribution in [0.3, 0.4) is 0 Å². The topological polar surface area (TPSA) is 189 Å². The number of carbonyl (C=O) groups is 2. The van der Waals surface area contributed by atoms with E-state index >= 15 is 0 Å². The number of aliphatic hydroxyl groups is 4. The molecule has 5 N–H and O–H groups in total. The Morgan fingerprint density at radius 1 is 0.593 bits per heavy atom. The van der Waals surface area contributed by atoms with Gasteiger partial charge in [-0.25, -0.2) is 4.57 Å². The molecule has 0 bridgehead atoms. The number of ether oxygens (including phenoxy) is 2. The highest BCUT2D eigenvalue weighted by molar-refractivity contribution is 7.47. The fraction of sp³-hybridized carbons (Fsp3) is 0.696. The molecule has 0 aliphatic rings. The van der Waals surface area contributed by atoms with Crippen LogP contribution < -0.4 is 0 Å². The Kier molecular flexibility index (Phi) is 38.9. The van der Waals surface area contributed by atoms with Crippen LogP contribution in [0.2, 0.25) is 0 Å². The molecular formula is C46H79O12P. The maximum atomic E-state index is 12.6. The molecule has 0 aromatic rings. The fourth-order valence-corrected chi connectivity index (χ4v) is 6.40. The molecule has 0 spiro atoms. The number of phosphoric ester groups is 1. The van der Waals surface area contributed by atoms with Gasteiger partial charge in [0.15, 0.2) is 6.10 Å². The molecule has 13 heteroatoms. The molecule has 340 valence electrons. The van der Waals surface area contributed by atoms with Crippen LogP contribution in [0, 0.1) is 0 Å². The van der Waals surface area contributed by atoms with Crippen LogP contribution in [-0.4, -0.2) is 88.1 Å². The van der Waals surface area contributed by atoms with E-state index < -0.39 is 64.0 Å². The lowest BCUT2D eigenvalue weighted by Gasteiger charge is -2.20. The highest BCUT2D eigenvalue weighted by atomic mass is 31.2. The van der Waals surface area contributed by atoms with Crippen LogP contribution in [0.15, 0.2) is 72.9 Å². The number of aliphatic hydroxyl groups excluding tert-OH is 4. The number of hydrogen-bond acceptors (Lipinski definition) is 11. The number of rotatable bonds is 40. The summed E-state index contributed by atoms with van der Waals surface area (Å²) in [4.78, 5) is 35.0. The van der Waals surface area contributed by atoms with Crippen molar-refractivity contribution >= 4 is 19.8 Å². The number of phosphoric acid groups is 1. The van der Waals surface area contributed by atoms with Gasteiger partial charge >= 0.3 is 19.8 Å². The lowest BCUT2D eigenvalue weighted by atomic mass is 10.0.